The summed E-state index contributed by atoms with van der Waals surface area (Å²) in [4.78, 5) is 0. The summed E-state index contributed by atoms with van der Waals surface area (Å²) in [7, 11) is 0. The molecule has 0 aromatic heterocycles. The van der Waals surface area contributed by atoms with E-state index in [-0.39, 0.29) is 29.0 Å². The van der Waals surface area contributed by atoms with Crippen molar-refractivity contribution in [2.24, 2.45) is 5.92 Å². The lowest BCUT2D eigenvalue weighted by molar-refractivity contribution is -0.207. The summed E-state index contributed by atoms with van der Waals surface area (Å²) in [5.41, 5.74) is 0.450. The van der Waals surface area contributed by atoms with E-state index < -0.39 is 23.7 Å². The third kappa shape index (κ3) is 4.28. The molecule has 0 saturated carbocycles. The number of rotatable bonds is 6. The van der Waals surface area contributed by atoms with Gasteiger partial charge in [-0.05, 0) is 37.1 Å². The fraction of sp³-hybridized carbons (Fsp3) is 0.429. The molecule has 0 unspecified atom stereocenters. The van der Waals surface area contributed by atoms with Crippen molar-refractivity contribution in [3.05, 3.63) is 53.3 Å². The van der Waals surface area contributed by atoms with E-state index in [0.717, 1.165) is 12.8 Å². The van der Waals surface area contributed by atoms with Gasteiger partial charge in [-0.2, -0.15) is 4.39 Å². The van der Waals surface area contributed by atoms with Crippen LogP contribution in [0.15, 0.2) is 30.3 Å². The van der Waals surface area contributed by atoms with Crippen molar-refractivity contribution in [3.63, 3.8) is 0 Å². The predicted octanol–water partition coefficient (Wildman–Crippen LogP) is 5.63. The molecule has 0 atom stereocenters. The van der Waals surface area contributed by atoms with E-state index in [1.54, 1.807) is 6.92 Å². The van der Waals surface area contributed by atoms with Crippen LogP contribution < -0.4 is 4.74 Å². The van der Waals surface area contributed by atoms with E-state index in [4.69, 9.17) is 14.2 Å². The summed E-state index contributed by atoms with van der Waals surface area (Å²) in [5, 5.41) is 0. The molecule has 2 aromatic carbocycles. The first-order chi connectivity index (χ1) is 13.0. The van der Waals surface area contributed by atoms with Crippen molar-refractivity contribution < 1.29 is 27.4 Å². The second-order valence-corrected chi connectivity index (χ2v) is 6.56. The van der Waals surface area contributed by atoms with Gasteiger partial charge in [0, 0.05) is 17.0 Å². The quantitative estimate of drug-likeness (QED) is 0.650. The third-order valence-electron chi connectivity index (χ3n) is 4.58. The molecule has 6 heteroatoms. The highest BCUT2D eigenvalue weighted by Crippen LogP contribution is 2.33. The van der Waals surface area contributed by atoms with Gasteiger partial charge < -0.3 is 14.2 Å². The predicted molar refractivity (Wildman–Crippen MR) is 96.0 cm³/mol. The van der Waals surface area contributed by atoms with Gasteiger partial charge in [0.2, 0.25) is 5.82 Å². The van der Waals surface area contributed by atoms with Gasteiger partial charge in [-0.1, -0.05) is 25.5 Å². The van der Waals surface area contributed by atoms with Crippen molar-refractivity contribution in [1.29, 1.82) is 0 Å². The first-order valence-corrected chi connectivity index (χ1v) is 9.18. The van der Waals surface area contributed by atoms with E-state index in [1.165, 1.54) is 30.3 Å². The zero-order chi connectivity index (χ0) is 19.4. The van der Waals surface area contributed by atoms with E-state index in [2.05, 4.69) is 6.92 Å². The van der Waals surface area contributed by atoms with Gasteiger partial charge >= 0.3 is 0 Å². The Labute approximate surface area is 157 Å². The van der Waals surface area contributed by atoms with Crippen LogP contribution in [0.1, 0.15) is 38.5 Å². The molecule has 1 heterocycles. The lowest BCUT2D eigenvalue weighted by atomic mass is 10.0. The molecule has 0 N–H and O–H groups in total. The molecule has 1 saturated heterocycles. The number of ether oxygens (including phenoxy) is 3. The number of hydrogen-bond donors (Lipinski definition) is 0. The molecule has 1 aliphatic heterocycles. The molecule has 3 rings (SSSR count). The van der Waals surface area contributed by atoms with Gasteiger partial charge in [-0.25, -0.2) is 8.78 Å². The zero-order valence-electron chi connectivity index (χ0n) is 15.4. The Balaban J connectivity index is 1.80. The molecule has 1 aliphatic rings. The van der Waals surface area contributed by atoms with Crippen LogP contribution >= 0.6 is 0 Å². The monoisotopic (exact) mass is 380 g/mol. The second kappa shape index (κ2) is 8.76. The van der Waals surface area contributed by atoms with E-state index in [9.17, 15) is 13.2 Å². The van der Waals surface area contributed by atoms with Crippen LogP contribution in [0.5, 0.6) is 5.75 Å². The summed E-state index contributed by atoms with van der Waals surface area (Å²) in [6.45, 7) is 5.02. The van der Waals surface area contributed by atoms with Gasteiger partial charge in [0.05, 0.1) is 19.8 Å². The Morgan fingerprint density at radius 2 is 1.74 bits per heavy atom. The molecule has 0 radical (unpaired) electrons. The summed E-state index contributed by atoms with van der Waals surface area (Å²) >= 11 is 0. The van der Waals surface area contributed by atoms with Crippen molar-refractivity contribution in [3.8, 4) is 16.9 Å². The molecule has 2 aromatic rings. The summed E-state index contributed by atoms with van der Waals surface area (Å²) in [6, 6.07) is 6.90. The number of benzene rings is 2. The van der Waals surface area contributed by atoms with Gasteiger partial charge in [-0.3, -0.25) is 0 Å². The first kappa shape index (κ1) is 19.7. The molecule has 146 valence electrons. The first-order valence-electron chi connectivity index (χ1n) is 9.18. The van der Waals surface area contributed by atoms with Crippen LogP contribution in [-0.2, 0) is 9.47 Å². The highest BCUT2D eigenvalue weighted by molar-refractivity contribution is 5.66. The Bertz CT molecular complexity index is 786. The van der Waals surface area contributed by atoms with E-state index in [0.29, 0.717) is 19.1 Å². The molecule has 3 nitrogen and oxygen atoms in total. The van der Waals surface area contributed by atoms with Gasteiger partial charge in [-0.15, -0.1) is 0 Å². The van der Waals surface area contributed by atoms with Crippen LogP contribution in [0.3, 0.4) is 0 Å². The highest BCUT2D eigenvalue weighted by atomic mass is 19.2. The highest BCUT2D eigenvalue weighted by Gasteiger charge is 2.26. The van der Waals surface area contributed by atoms with Crippen LogP contribution in [0.25, 0.3) is 11.1 Å². The molecule has 27 heavy (non-hydrogen) atoms. The average Bonchev–Trinajstić information content (AvgIpc) is 2.67. The summed E-state index contributed by atoms with van der Waals surface area (Å²) in [6.07, 6.45) is 1.25. The SMILES string of the molecule is CCCC1COC(c2ccc(-c3ccc(OCC)c(F)c3F)cc2F)OC1. The maximum absolute atomic E-state index is 14.6. The fourth-order valence-electron chi connectivity index (χ4n) is 3.21. The van der Waals surface area contributed by atoms with Crippen molar-refractivity contribution >= 4 is 0 Å². The third-order valence-corrected chi connectivity index (χ3v) is 4.58. The summed E-state index contributed by atoms with van der Waals surface area (Å²) < 4.78 is 59.3. The largest absolute Gasteiger partial charge is 0.491 e. The Kier molecular flexibility index (Phi) is 6.39. The molecule has 1 fully saturated rings. The molecule has 0 aliphatic carbocycles. The molecular weight excluding hydrogens is 357 g/mol. The molecule has 0 amide bonds. The minimum Gasteiger partial charge on any atom is -0.491 e. The maximum atomic E-state index is 14.6. The average molecular weight is 380 g/mol. The van der Waals surface area contributed by atoms with E-state index in [1.807, 2.05) is 0 Å². The van der Waals surface area contributed by atoms with Gasteiger partial charge in [0.1, 0.15) is 5.82 Å². The van der Waals surface area contributed by atoms with Crippen LogP contribution in [-0.4, -0.2) is 19.8 Å². The lowest BCUT2D eigenvalue weighted by Crippen LogP contribution is -2.27. The standard InChI is InChI=1S/C21H23F3O3/c1-3-5-13-11-26-21(27-12-13)16-7-6-14(10-17(16)22)15-8-9-18(25-4-2)20(24)19(15)23/h6-10,13,21H,3-5,11-12H2,1-2H3. The van der Waals surface area contributed by atoms with E-state index >= 15 is 0 Å². The normalized spacial score (nSPS) is 19.9. The molecule has 0 bridgehead atoms. The Morgan fingerprint density at radius 1 is 1.00 bits per heavy atom. The van der Waals surface area contributed by atoms with Crippen LogP contribution in [0, 0.1) is 23.4 Å². The van der Waals surface area contributed by atoms with Crippen molar-refractivity contribution in [2.75, 3.05) is 19.8 Å². The fourth-order valence-corrected chi connectivity index (χ4v) is 3.21. The second-order valence-electron chi connectivity index (χ2n) is 6.56. The Hall–Kier alpha value is -2.05. The number of halogens is 3. The minimum absolute atomic E-state index is 0.0325. The molecular formula is C21H23F3O3. The molecule has 0 spiro atoms. The van der Waals surface area contributed by atoms with Crippen LogP contribution in [0.4, 0.5) is 13.2 Å². The van der Waals surface area contributed by atoms with Crippen molar-refractivity contribution in [2.45, 2.75) is 33.0 Å². The minimum atomic E-state index is -1.08. The van der Waals surface area contributed by atoms with Gasteiger partial charge in [0.15, 0.2) is 17.9 Å². The maximum Gasteiger partial charge on any atom is 0.201 e. The topological polar surface area (TPSA) is 27.7 Å². The van der Waals surface area contributed by atoms with Crippen LogP contribution in [0.2, 0.25) is 0 Å². The zero-order valence-corrected chi connectivity index (χ0v) is 15.4. The summed E-state index contributed by atoms with van der Waals surface area (Å²) in [5.74, 6) is -2.59. The number of hydrogen-bond acceptors (Lipinski definition) is 3. The lowest BCUT2D eigenvalue weighted by Gasteiger charge is -2.29. The Morgan fingerprint density at radius 3 is 2.37 bits per heavy atom. The van der Waals surface area contributed by atoms with Crippen molar-refractivity contribution in [1.82, 2.24) is 0 Å². The van der Waals surface area contributed by atoms with Gasteiger partial charge in [0.25, 0.3) is 0 Å². The smallest absolute Gasteiger partial charge is 0.201 e.